The van der Waals surface area contributed by atoms with Gasteiger partial charge in [-0.2, -0.15) is 4.52 Å². The van der Waals surface area contributed by atoms with E-state index in [1.165, 1.54) is 0 Å². The van der Waals surface area contributed by atoms with Gasteiger partial charge in [0, 0.05) is 44.1 Å². The Bertz CT molecular complexity index is 997. The Balaban J connectivity index is 1.53. The summed E-state index contributed by atoms with van der Waals surface area (Å²) in [6.07, 6.45) is 4.05. The fourth-order valence-electron chi connectivity index (χ4n) is 3.28. The minimum absolute atomic E-state index is 0.263. The van der Waals surface area contributed by atoms with Crippen molar-refractivity contribution in [2.45, 2.75) is 32.8 Å². The van der Waals surface area contributed by atoms with Crippen molar-refractivity contribution in [1.82, 2.24) is 29.7 Å². The van der Waals surface area contributed by atoms with E-state index in [-0.39, 0.29) is 6.09 Å². The van der Waals surface area contributed by atoms with Crippen molar-refractivity contribution in [3.8, 4) is 11.4 Å². The first-order valence-electron chi connectivity index (χ1n) is 9.76. The number of carbonyl (C=O) groups is 1. The first kappa shape index (κ1) is 19.1. The summed E-state index contributed by atoms with van der Waals surface area (Å²) in [5.41, 5.74) is 1.04. The summed E-state index contributed by atoms with van der Waals surface area (Å²) < 4.78 is 7.25. The Hall–Kier alpha value is -3.23. The van der Waals surface area contributed by atoms with Gasteiger partial charge in [-0.05, 0) is 51.5 Å². The molecule has 1 amide bonds. The lowest BCUT2D eigenvalue weighted by Crippen LogP contribution is -2.39. The number of carbonyl (C=O) groups excluding carboxylic acids is 1. The summed E-state index contributed by atoms with van der Waals surface area (Å²) in [4.78, 5) is 20.5. The van der Waals surface area contributed by atoms with E-state index < -0.39 is 5.60 Å². The Labute approximate surface area is 169 Å². The molecular weight excluding hydrogens is 370 g/mol. The molecule has 29 heavy (non-hydrogen) atoms. The summed E-state index contributed by atoms with van der Waals surface area (Å²) in [6, 6.07) is 7.65. The molecule has 0 unspecified atom stereocenters. The van der Waals surface area contributed by atoms with E-state index in [0.29, 0.717) is 31.1 Å². The molecule has 3 aromatic heterocycles. The third-order valence-electron chi connectivity index (χ3n) is 4.64. The molecule has 9 heteroatoms. The van der Waals surface area contributed by atoms with E-state index in [1.54, 1.807) is 21.8 Å². The van der Waals surface area contributed by atoms with Gasteiger partial charge in [0.2, 0.25) is 0 Å². The molecule has 9 nitrogen and oxygen atoms in total. The Morgan fingerprint density at radius 3 is 2.69 bits per heavy atom. The van der Waals surface area contributed by atoms with Gasteiger partial charge in [0.1, 0.15) is 11.4 Å². The second-order valence-corrected chi connectivity index (χ2v) is 8.03. The van der Waals surface area contributed by atoms with E-state index in [1.807, 2.05) is 45.0 Å². The van der Waals surface area contributed by atoms with Crippen LogP contribution in [0, 0.1) is 0 Å². The lowest BCUT2D eigenvalue weighted by Gasteiger charge is -2.26. The maximum atomic E-state index is 12.4. The zero-order chi connectivity index (χ0) is 20.4. The highest BCUT2D eigenvalue weighted by Gasteiger charge is 2.25. The molecule has 4 rings (SSSR count). The molecule has 152 valence electrons. The van der Waals surface area contributed by atoms with Crippen LogP contribution in [0.4, 0.5) is 10.6 Å². The third-order valence-corrected chi connectivity index (χ3v) is 4.64. The van der Waals surface area contributed by atoms with Gasteiger partial charge in [0.25, 0.3) is 0 Å². The summed E-state index contributed by atoms with van der Waals surface area (Å²) in [7, 11) is 0. The number of hydrogen-bond acceptors (Lipinski definition) is 7. The fourth-order valence-corrected chi connectivity index (χ4v) is 3.28. The van der Waals surface area contributed by atoms with Gasteiger partial charge in [-0.1, -0.05) is 0 Å². The maximum Gasteiger partial charge on any atom is 0.410 e. The van der Waals surface area contributed by atoms with Crippen LogP contribution in [-0.4, -0.2) is 67.6 Å². The molecule has 1 fully saturated rings. The van der Waals surface area contributed by atoms with Crippen LogP contribution < -0.4 is 4.90 Å². The van der Waals surface area contributed by atoms with E-state index in [0.717, 1.165) is 24.3 Å². The van der Waals surface area contributed by atoms with E-state index in [9.17, 15) is 4.79 Å². The van der Waals surface area contributed by atoms with Crippen LogP contribution in [0.2, 0.25) is 0 Å². The second-order valence-electron chi connectivity index (χ2n) is 8.03. The molecule has 0 aromatic carbocycles. The monoisotopic (exact) mass is 395 g/mol. The Morgan fingerprint density at radius 2 is 1.93 bits per heavy atom. The van der Waals surface area contributed by atoms with E-state index >= 15 is 0 Å². The molecule has 0 aliphatic carbocycles. The molecule has 0 atom stereocenters. The predicted octanol–water partition coefficient (Wildman–Crippen LogP) is 2.63. The Morgan fingerprint density at radius 1 is 1.07 bits per heavy atom. The van der Waals surface area contributed by atoms with Gasteiger partial charge in [0.05, 0.1) is 0 Å². The maximum absolute atomic E-state index is 12.4. The molecule has 0 radical (unpaired) electrons. The number of nitrogens with zero attached hydrogens (tertiary/aromatic N) is 7. The number of hydrogen-bond donors (Lipinski definition) is 0. The van der Waals surface area contributed by atoms with Gasteiger partial charge in [-0.3, -0.25) is 4.98 Å². The van der Waals surface area contributed by atoms with Crippen LogP contribution in [0.3, 0.4) is 0 Å². The van der Waals surface area contributed by atoms with Gasteiger partial charge >= 0.3 is 6.09 Å². The number of aromatic nitrogens is 5. The van der Waals surface area contributed by atoms with Crippen molar-refractivity contribution in [3.63, 3.8) is 0 Å². The molecule has 0 spiro atoms. The van der Waals surface area contributed by atoms with Crippen LogP contribution >= 0.6 is 0 Å². The quantitative estimate of drug-likeness (QED) is 0.659. The molecule has 0 bridgehead atoms. The van der Waals surface area contributed by atoms with Crippen molar-refractivity contribution in [2.24, 2.45) is 0 Å². The van der Waals surface area contributed by atoms with Crippen LogP contribution in [0.15, 0.2) is 36.7 Å². The minimum Gasteiger partial charge on any atom is -0.444 e. The number of amides is 1. The molecule has 3 aromatic rings. The molecule has 0 N–H and O–H groups in total. The fraction of sp³-hybridized carbons (Fsp3) is 0.450. The third kappa shape index (κ3) is 4.28. The molecule has 0 saturated carbocycles. The number of ether oxygens (including phenoxy) is 1. The first-order valence-corrected chi connectivity index (χ1v) is 9.76. The van der Waals surface area contributed by atoms with Crippen molar-refractivity contribution in [3.05, 3.63) is 36.7 Å². The first-order chi connectivity index (χ1) is 13.9. The van der Waals surface area contributed by atoms with Gasteiger partial charge < -0.3 is 14.5 Å². The van der Waals surface area contributed by atoms with Gasteiger partial charge in [0.15, 0.2) is 11.5 Å². The number of anilines is 1. The van der Waals surface area contributed by atoms with Crippen molar-refractivity contribution >= 4 is 17.6 Å². The van der Waals surface area contributed by atoms with Crippen molar-refractivity contribution < 1.29 is 9.53 Å². The second kappa shape index (κ2) is 7.65. The minimum atomic E-state index is -0.493. The summed E-state index contributed by atoms with van der Waals surface area (Å²) in [6.45, 7) is 8.39. The zero-order valence-corrected chi connectivity index (χ0v) is 16.9. The summed E-state index contributed by atoms with van der Waals surface area (Å²) in [5, 5.41) is 13.2. The summed E-state index contributed by atoms with van der Waals surface area (Å²) in [5.74, 6) is 1.48. The van der Waals surface area contributed by atoms with Crippen molar-refractivity contribution in [2.75, 3.05) is 31.1 Å². The Kier molecular flexibility index (Phi) is 5.04. The SMILES string of the molecule is CC(C)(C)OC(=O)N1CCCN(c2ccc3nnc(-c4cccnc4)n3n2)CC1. The number of pyridine rings is 1. The molecule has 4 heterocycles. The number of rotatable bonds is 2. The number of fused-ring (bicyclic) bond motifs is 1. The summed E-state index contributed by atoms with van der Waals surface area (Å²) >= 11 is 0. The lowest BCUT2D eigenvalue weighted by molar-refractivity contribution is 0.0263. The normalized spacial score (nSPS) is 15.4. The molecule has 1 aliphatic rings. The largest absolute Gasteiger partial charge is 0.444 e. The van der Waals surface area contributed by atoms with Crippen molar-refractivity contribution in [1.29, 1.82) is 0 Å². The lowest BCUT2D eigenvalue weighted by atomic mass is 10.2. The predicted molar refractivity (Wildman–Crippen MR) is 109 cm³/mol. The average Bonchev–Trinajstić information content (AvgIpc) is 2.95. The highest BCUT2D eigenvalue weighted by Crippen LogP contribution is 2.20. The van der Waals surface area contributed by atoms with Gasteiger partial charge in [-0.25, -0.2) is 4.79 Å². The highest BCUT2D eigenvalue weighted by molar-refractivity contribution is 5.68. The van der Waals surface area contributed by atoms with Crippen LogP contribution in [-0.2, 0) is 4.74 Å². The smallest absolute Gasteiger partial charge is 0.410 e. The molecule has 1 saturated heterocycles. The van der Waals surface area contributed by atoms with E-state index in [4.69, 9.17) is 9.84 Å². The van der Waals surface area contributed by atoms with E-state index in [2.05, 4.69) is 20.1 Å². The van der Waals surface area contributed by atoms with Crippen LogP contribution in [0.1, 0.15) is 27.2 Å². The van der Waals surface area contributed by atoms with Gasteiger partial charge in [-0.15, -0.1) is 15.3 Å². The molecular formula is C20H25N7O2. The topological polar surface area (TPSA) is 88.8 Å². The zero-order valence-electron chi connectivity index (χ0n) is 16.9. The standard InChI is InChI=1S/C20H25N7O2/c1-20(2,3)29-19(28)26-11-5-10-25(12-13-26)17-8-7-16-22-23-18(27(16)24-17)15-6-4-9-21-14-15/h4,6-9,14H,5,10-13H2,1-3H3. The van der Waals surface area contributed by atoms with Crippen LogP contribution in [0.25, 0.3) is 17.0 Å². The highest BCUT2D eigenvalue weighted by atomic mass is 16.6. The molecule has 1 aliphatic heterocycles. The van der Waals surface area contributed by atoms with Crippen LogP contribution in [0.5, 0.6) is 0 Å². The average molecular weight is 395 g/mol.